The number of carbonyl (C=O) groups excluding carboxylic acids is 1. The Morgan fingerprint density at radius 1 is 1.09 bits per heavy atom. The molecule has 0 bridgehead atoms. The van der Waals surface area contributed by atoms with Gasteiger partial charge in [-0.05, 0) is 48.7 Å². The molecule has 0 saturated carbocycles. The van der Waals surface area contributed by atoms with E-state index in [4.69, 9.17) is 4.42 Å². The highest BCUT2D eigenvalue weighted by Crippen LogP contribution is 2.24. The van der Waals surface area contributed by atoms with E-state index >= 15 is 0 Å². The molecule has 3 N–H and O–H groups in total. The van der Waals surface area contributed by atoms with Crippen molar-refractivity contribution in [1.82, 2.24) is 20.6 Å². The number of nitrogens with one attached hydrogen (secondary N) is 3. The number of hydrogen-bond donors (Lipinski definition) is 3. The Bertz CT molecular complexity index is 1370. The zero-order valence-electron chi connectivity index (χ0n) is 19.2. The summed E-state index contributed by atoms with van der Waals surface area (Å²) in [7, 11) is 0. The molecule has 172 valence electrons. The van der Waals surface area contributed by atoms with E-state index in [1.807, 2.05) is 80.0 Å². The Hall–Kier alpha value is -3.90. The monoisotopic (exact) mass is 452 g/mol. The number of nitrogens with zero attached hydrogens (tertiary/aromatic N) is 1. The number of para-hydroxylation sites is 2. The Kier molecular flexibility index (Phi) is 6.14. The summed E-state index contributed by atoms with van der Waals surface area (Å²) in [5.74, 6) is 0.757. The van der Waals surface area contributed by atoms with Gasteiger partial charge in [0.1, 0.15) is 11.3 Å². The summed E-state index contributed by atoms with van der Waals surface area (Å²) >= 11 is 0. The highest BCUT2D eigenvalue weighted by molar-refractivity contribution is 5.89. The molecule has 0 aliphatic carbocycles. The van der Waals surface area contributed by atoms with Gasteiger partial charge in [0.25, 0.3) is 0 Å². The molecule has 5 aromatic rings. The SMILES string of the molecule is CC(Cc1c[nH]c2ccccc12)(NCc1cc2ccccc2o1)C(=O)NCCc1cccnc1. The second kappa shape index (κ2) is 9.53. The Morgan fingerprint density at radius 2 is 1.94 bits per heavy atom. The first-order valence-corrected chi connectivity index (χ1v) is 11.6. The third-order valence-electron chi connectivity index (χ3n) is 6.27. The lowest BCUT2D eigenvalue weighted by atomic mass is 9.91. The van der Waals surface area contributed by atoms with Crippen LogP contribution in [0.1, 0.15) is 23.8 Å². The van der Waals surface area contributed by atoms with Crippen molar-refractivity contribution in [2.75, 3.05) is 6.54 Å². The molecule has 34 heavy (non-hydrogen) atoms. The fourth-order valence-electron chi connectivity index (χ4n) is 4.35. The summed E-state index contributed by atoms with van der Waals surface area (Å²) in [6.45, 7) is 2.95. The van der Waals surface area contributed by atoms with Gasteiger partial charge in [-0.1, -0.05) is 42.5 Å². The molecule has 6 heteroatoms. The summed E-state index contributed by atoms with van der Waals surface area (Å²) in [4.78, 5) is 21.0. The number of hydrogen-bond acceptors (Lipinski definition) is 4. The molecule has 0 radical (unpaired) electrons. The Labute approximate surface area is 198 Å². The van der Waals surface area contributed by atoms with Crippen molar-refractivity contribution in [2.24, 2.45) is 0 Å². The largest absolute Gasteiger partial charge is 0.460 e. The highest BCUT2D eigenvalue weighted by atomic mass is 16.3. The van der Waals surface area contributed by atoms with Crippen molar-refractivity contribution in [3.05, 3.63) is 102 Å². The first-order valence-electron chi connectivity index (χ1n) is 11.6. The number of pyridine rings is 1. The van der Waals surface area contributed by atoms with Gasteiger partial charge in [0.2, 0.25) is 5.91 Å². The van der Waals surface area contributed by atoms with Gasteiger partial charge in [-0.3, -0.25) is 15.1 Å². The number of fused-ring (bicyclic) bond motifs is 2. The van der Waals surface area contributed by atoms with Crippen LogP contribution in [0.25, 0.3) is 21.9 Å². The lowest BCUT2D eigenvalue weighted by Crippen LogP contribution is -2.56. The molecular weight excluding hydrogens is 424 g/mol. The smallest absolute Gasteiger partial charge is 0.240 e. The number of carbonyl (C=O) groups is 1. The average Bonchev–Trinajstić information content (AvgIpc) is 3.47. The molecule has 0 fully saturated rings. The van der Waals surface area contributed by atoms with Crippen LogP contribution in [0.4, 0.5) is 0 Å². The van der Waals surface area contributed by atoms with Gasteiger partial charge in [0.15, 0.2) is 0 Å². The van der Waals surface area contributed by atoms with E-state index in [1.54, 1.807) is 6.20 Å². The molecule has 0 aliphatic heterocycles. The number of amides is 1. The highest BCUT2D eigenvalue weighted by Gasteiger charge is 2.34. The van der Waals surface area contributed by atoms with Gasteiger partial charge in [-0.15, -0.1) is 0 Å². The number of H-pyrrole nitrogens is 1. The van der Waals surface area contributed by atoms with Crippen LogP contribution in [0.15, 0.2) is 89.7 Å². The molecule has 3 heterocycles. The minimum Gasteiger partial charge on any atom is -0.460 e. The van der Waals surface area contributed by atoms with E-state index in [1.165, 1.54) is 0 Å². The van der Waals surface area contributed by atoms with E-state index in [9.17, 15) is 4.79 Å². The topological polar surface area (TPSA) is 83.0 Å². The fraction of sp³-hybridized carbons (Fsp3) is 0.214. The summed E-state index contributed by atoms with van der Waals surface area (Å²) in [6, 6.07) is 22.0. The molecule has 1 unspecified atom stereocenters. The fourth-order valence-corrected chi connectivity index (χ4v) is 4.35. The Balaban J connectivity index is 1.34. The van der Waals surface area contributed by atoms with Crippen molar-refractivity contribution in [1.29, 1.82) is 0 Å². The lowest BCUT2D eigenvalue weighted by Gasteiger charge is -2.29. The van der Waals surface area contributed by atoms with Gasteiger partial charge < -0.3 is 14.7 Å². The van der Waals surface area contributed by atoms with Crippen LogP contribution in [0.5, 0.6) is 0 Å². The number of aromatic nitrogens is 2. The quantitative estimate of drug-likeness (QED) is 0.301. The predicted octanol–water partition coefficient (Wildman–Crippen LogP) is 4.76. The van der Waals surface area contributed by atoms with Crippen LogP contribution in [0, 0.1) is 0 Å². The molecule has 1 amide bonds. The number of aromatic amines is 1. The third-order valence-corrected chi connectivity index (χ3v) is 6.27. The summed E-state index contributed by atoms with van der Waals surface area (Å²) in [5, 5.41) is 8.80. The van der Waals surface area contributed by atoms with Gasteiger partial charge in [0.05, 0.1) is 12.1 Å². The van der Waals surface area contributed by atoms with Crippen molar-refractivity contribution in [2.45, 2.75) is 31.8 Å². The predicted molar refractivity (Wildman–Crippen MR) is 134 cm³/mol. The van der Waals surface area contributed by atoms with Crippen LogP contribution >= 0.6 is 0 Å². The maximum absolute atomic E-state index is 13.5. The van der Waals surface area contributed by atoms with Gasteiger partial charge >= 0.3 is 0 Å². The summed E-state index contributed by atoms with van der Waals surface area (Å²) < 4.78 is 5.98. The second-order valence-corrected chi connectivity index (χ2v) is 8.84. The number of benzene rings is 2. The maximum atomic E-state index is 13.5. The number of furan rings is 1. The third kappa shape index (κ3) is 4.72. The molecule has 5 rings (SSSR count). The van der Waals surface area contributed by atoms with E-state index in [0.717, 1.165) is 45.2 Å². The van der Waals surface area contributed by atoms with Crippen molar-refractivity contribution < 1.29 is 9.21 Å². The first kappa shape index (κ1) is 21.9. The zero-order valence-corrected chi connectivity index (χ0v) is 19.2. The van der Waals surface area contributed by atoms with E-state index in [-0.39, 0.29) is 5.91 Å². The second-order valence-electron chi connectivity index (χ2n) is 8.84. The van der Waals surface area contributed by atoms with Gasteiger partial charge in [-0.25, -0.2) is 0 Å². The van der Waals surface area contributed by atoms with Crippen molar-refractivity contribution >= 4 is 27.8 Å². The molecule has 0 saturated heterocycles. The Morgan fingerprint density at radius 3 is 2.79 bits per heavy atom. The standard InChI is InChI=1S/C28H28N4O2/c1-28(16-22-18-31-25-10-4-3-9-24(22)25,27(33)30-14-12-20-7-6-13-29-17-20)32-19-23-15-21-8-2-5-11-26(21)34-23/h2-11,13,15,17-18,31-32H,12,14,16,19H2,1H3,(H,30,33). The van der Waals surface area contributed by atoms with Gasteiger partial charge in [0, 0.05) is 47.8 Å². The molecule has 6 nitrogen and oxygen atoms in total. The molecule has 0 spiro atoms. The molecule has 1 atom stereocenters. The summed E-state index contributed by atoms with van der Waals surface area (Å²) in [6.07, 6.45) is 6.84. The molecule has 3 aromatic heterocycles. The van der Waals surface area contributed by atoms with Crippen LogP contribution in [-0.4, -0.2) is 28.0 Å². The lowest BCUT2D eigenvalue weighted by molar-refractivity contribution is -0.127. The van der Waals surface area contributed by atoms with Crippen LogP contribution < -0.4 is 10.6 Å². The van der Waals surface area contributed by atoms with Gasteiger partial charge in [-0.2, -0.15) is 0 Å². The van der Waals surface area contributed by atoms with Crippen molar-refractivity contribution in [3.8, 4) is 0 Å². The minimum absolute atomic E-state index is 0.0437. The first-order chi connectivity index (χ1) is 16.6. The minimum atomic E-state index is -0.834. The van der Waals surface area contributed by atoms with Crippen molar-refractivity contribution in [3.63, 3.8) is 0 Å². The number of rotatable bonds is 9. The van der Waals surface area contributed by atoms with Crippen LogP contribution in [-0.2, 0) is 24.2 Å². The average molecular weight is 453 g/mol. The zero-order chi connectivity index (χ0) is 23.4. The van der Waals surface area contributed by atoms with E-state index in [2.05, 4.69) is 26.7 Å². The van der Waals surface area contributed by atoms with E-state index < -0.39 is 5.54 Å². The van der Waals surface area contributed by atoms with Crippen LogP contribution in [0.2, 0.25) is 0 Å². The summed E-state index contributed by atoms with van der Waals surface area (Å²) in [5.41, 5.74) is 3.26. The van der Waals surface area contributed by atoms with Crippen LogP contribution in [0.3, 0.4) is 0 Å². The van der Waals surface area contributed by atoms with E-state index in [0.29, 0.717) is 19.5 Å². The normalized spacial score (nSPS) is 13.2. The molecular formula is C28H28N4O2. The molecule has 0 aliphatic rings. The maximum Gasteiger partial charge on any atom is 0.240 e. The molecule has 2 aromatic carbocycles.